The van der Waals surface area contributed by atoms with E-state index in [0.29, 0.717) is 0 Å². The second kappa shape index (κ2) is 10.4. The Balaban J connectivity index is 0.000000416. The van der Waals surface area contributed by atoms with Crippen molar-refractivity contribution in [3.8, 4) is 0 Å². The van der Waals surface area contributed by atoms with E-state index in [1.54, 1.807) is 13.8 Å². The Labute approximate surface area is 168 Å². The fourth-order valence-corrected chi connectivity index (χ4v) is 2.27. The van der Waals surface area contributed by atoms with Crippen molar-refractivity contribution in [1.82, 2.24) is 0 Å². The Morgan fingerprint density at radius 1 is 0.821 bits per heavy atom. The molecule has 0 amide bonds. The molecular formula is C23H33NO4. The van der Waals surface area contributed by atoms with Gasteiger partial charge in [-0.15, -0.1) is 0 Å². The van der Waals surface area contributed by atoms with Crippen LogP contribution in [0.25, 0.3) is 0 Å². The van der Waals surface area contributed by atoms with Gasteiger partial charge in [0.25, 0.3) is 0 Å². The highest BCUT2D eigenvalue weighted by Crippen LogP contribution is 2.31. The predicted octanol–water partition coefficient (Wildman–Crippen LogP) is 4.86. The number of carboxylic acid groups (broad SMARTS) is 1. The Bertz CT molecular complexity index is 660. The molecular weight excluding hydrogens is 354 g/mol. The van der Waals surface area contributed by atoms with Gasteiger partial charge in [0, 0.05) is 0 Å². The maximum Gasteiger partial charge on any atom is 0.320 e. The Kier molecular flexibility index (Phi) is 8.82. The molecule has 0 fully saturated rings. The topological polar surface area (TPSA) is 81.8 Å². The number of carboxylic acids is 1. The molecule has 2 rings (SSSR count). The minimum atomic E-state index is -0.931. The molecule has 0 saturated heterocycles. The third-order valence-corrected chi connectivity index (χ3v) is 4.40. The van der Waals surface area contributed by atoms with Gasteiger partial charge in [-0.1, -0.05) is 74.5 Å². The van der Waals surface area contributed by atoms with Gasteiger partial charge in [-0.2, -0.15) is 0 Å². The summed E-state index contributed by atoms with van der Waals surface area (Å²) < 4.78 is 0. The second-order valence-electron chi connectivity index (χ2n) is 8.03. The molecule has 2 aromatic rings. The molecule has 2 aromatic carbocycles. The molecule has 1 atom stereocenters. The number of aliphatic carboxylic acids is 1. The predicted molar refractivity (Wildman–Crippen MR) is 112 cm³/mol. The van der Waals surface area contributed by atoms with Crippen molar-refractivity contribution in [2.24, 2.45) is 11.7 Å². The van der Waals surface area contributed by atoms with Crippen LogP contribution in [0.1, 0.15) is 52.7 Å². The lowest BCUT2D eigenvalue weighted by atomic mass is 9.98. The zero-order valence-electron chi connectivity index (χ0n) is 17.7. The van der Waals surface area contributed by atoms with Crippen LogP contribution in [0.2, 0.25) is 0 Å². The molecule has 0 heterocycles. The standard InChI is InChI=1S/C18H22O2.C5H11NO2/c1-17(2,15-11-7-5-8-12-15)19-20-18(3,4)16-13-9-6-10-14-16;1-3(2)4(6)5(7)8/h5-14H,1-4H3;3-4H,6H2,1-2H3,(H,7,8)/t;4-/m.0/s1. The van der Waals surface area contributed by atoms with Gasteiger partial charge >= 0.3 is 5.97 Å². The van der Waals surface area contributed by atoms with Crippen molar-refractivity contribution in [2.45, 2.75) is 58.8 Å². The van der Waals surface area contributed by atoms with Gasteiger partial charge in [0.05, 0.1) is 0 Å². The van der Waals surface area contributed by atoms with Crippen LogP contribution < -0.4 is 5.73 Å². The number of nitrogens with two attached hydrogens (primary N) is 1. The molecule has 0 unspecified atom stereocenters. The third-order valence-electron chi connectivity index (χ3n) is 4.40. The summed E-state index contributed by atoms with van der Waals surface area (Å²) in [5, 5.41) is 8.23. The smallest absolute Gasteiger partial charge is 0.320 e. The molecule has 0 aromatic heterocycles. The van der Waals surface area contributed by atoms with E-state index in [4.69, 9.17) is 20.6 Å². The summed E-state index contributed by atoms with van der Waals surface area (Å²) >= 11 is 0. The molecule has 5 heteroatoms. The third kappa shape index (κ3) is 7.43. The van der Waals surface area contributed by atoms with Crippen LogP contribution in [0.3, 0.4) is 0 Å². The van der Waals surface area contributed by atoms with E-state index in [1.165, 1.54) is 0 Å². The first-order valence-electron chi connectivity index (χ1n) is 9.43. The van der Waals surface area contributed by atoms with Crippen LogP contribution in [0.4, 0.5) is 0 Å². The van der Waals surface area contributed by atoms with Crippen molar-refractivity contribution in [3.63, 3.8) is 0 Å². The van der Waals surface area contributed by atoms with E-state index in [1.807, 2.05) is 88.4 Å². The number of rotatable bonds is 7. The minimum Gasteiger partial charge on any atom is -0.480 e. The number of hydrogen-bond acceptors (Lipinski definition) is 4. The van der Waals surface area contributed by atoms with Crippen LogP contribution in [0, 0.1) is 5.92 Å². The highest BCUT2D eigenvalue weighted by Gasteiger charge is 2.29. The van der Waals surface area contributed by atoms with Crippen molar-refractivity contribution in [1.29, 1.82) is 0 Å². The minimum absolute atomic E-state index is 0.0208. The Morgan fingerprint density at radius 2 is 1.14 bits per heavy atom. The highest BCUT2D eigenvalue weighted by atomic mass is 17.2. The van der Waals surface area contributed by atoms with E-state index in [0.717, 1.165) is 11.1 Å². The monoisotopic (exact) mass is 387 g/mol. The van der Waals surface area contributed by atoms with Crippen LogP contribution in [0.5, 0.6) is 0 Å². The molecule has 0 aliphatic heterocycles. The molecule has 0 radical (unpaired) electrons. The van der Waals surface area contributed by atoms with E-state index >= 15 is 0 Å². The van der Waals surface area contributed by atoms with Crippen molar-refractivity contribution < 1.29 is 19.7 Å². The van der Waals surface area contributed by atoms with Crippen molar-refractivity contribution in [3.05, 3.63) is 71.8 Å². The van der Waals surface area contributed by atoms with Crippen LogP contribution >= 0.6 is 0 Å². The average molecular weight is 388 g/mol. The lowest BCUT2D eigenvalue weighted by Gasteiger charge is -2.31. The van der Waals surface area contributed by atoms with Crippen LogP contribution in [-0.2, 0) is 25.8 Å². The first-order chi connectivity index (χ1) is 13.0. The average Bonchev–Trinajstić information content (AvgIpc) is 2.68. The number of hydrogen-bond donors (Lipinski definition) is 2. The SMILES string of the molecule is CC(C)(OOC(C)(C)c1ccccc1)c1ccccc1.CC(C)[C@H](N)C(=O)O. The zero-order chi connectivity index (χ0) is 21.4. The van der Waals surface area contributed by atoms with E-state index in [2.05, 4.69) is 0 Å². The molecule has 28 heavy (non-hydrogen) atoms. The summed E-state index contributed by atoms with van der Waals surface area (Å²) in [7, 11) is 0. The highest BCUT2D eigenvalue weighted by molar-refractivity contribution is 5.73. The lowest BCUT2D eigenvalue weighted by Crippen LogP contribution is -2.34. The number of carbonyl (C=O) groups is 1. The summed E-state index contributed by atoms with van der Waals surface area (Å²) in [6.45, 7) is 11.6. The number of benzene rings is 2. The summed E-state index contributed by atoms with van der Waals surface area (Å²) in [4.78, 5) is 21.5. The summed E-state index contributed by atoms with van der Waals surface area (Å²) in [5.41, 5.74) is 6.35. The van der Waals surface area contributed by atoms with E-state index in [9.17, 15) is 4.79 Å². The molecule has 0 saturated carbocycles. The summed E-state index contributed by atoms with van der Waals surface area (Å²) in [5.74, 6) is -0.910. The Morgan fingerprint density at radius 3 is 1.36 bits per heavy atom. The molecule has 0 spiro atoms. The molecule has 0 aliphatic carbocycles. The van der Waals surface area contributed by atoms with Gasteiger partial charge in [0.2, 0.25) is 0 Å². The maximum absolute atomic E-state index is 10.0. The quantitative estimate of drug-likeness (QED) is 0.524. The fraction of sp³-hybridized carbons (Fsp3) is 0.435. The molecule has 154 valence electrons. The van der Waals surface area contributed by atoms with Crippen LogP contribution in [0.15, 0.2) is 60.7 Å². The van der Waals surface area contributed by atoms with Gasteiger partial charge < -0.3 is 10.8 Å². The second-order valence-corrected chi connectivity index (χ2v) is 8.03. The molecule has 3 N–H and O–H groups in total. The van der Waals surface area contributed by atoms with Crippen LogP contribution in [-0.4, -0.2) is 17.1 Å². The van der Waals surface area contributed by atoms with Gasteiger partial charge in [0.15, 0.2) is 0 Å². The largest absolute Gasteiger partial charge is 0.480 e. The van der Waals surface area contributed by atoms with Crippen molar-refractivity contribution >= 4 is 5.97 Å². The lowest BCUT2D eigenvalue weighted by molar-refractivity contribution is -0.410. The maximum atomic E-state index is 10.0. The Hall–Kier alpha value is -2.21. The van der Waals surface area contributed by atoms with E-state index < -0.39 is 23.2 Å². The first-order valence-corrected chi connectivity index (χ1v) is 9.43. The summed E-state index contributed by atoms with van der Waals surface area (Å²) in [6.07, 6.45) is 0. The van der Waals surface area contributed by atoms with Gasteiger partial charge in [0.1, 0.15) is 17.2 Å². The zero-order valence-corrected chi connectivity index (χ0v) is 17.7. The van der Waals surface area contributed by atoms with Gasteiger partial charge in [-0.25, -0.2) is 9.78 Å². The summed E-state index contributed by atoms with van der Waals surface area (Å²) in [6, 6.07) is 19.4. The molecule has 5 nitrogen and oxygen atoms in total. The molecule has 0 bridgehead atoms. The van der Waals surface area contributed by atoms with E-state index in [-0.39, 0.29) is 5.92 Å². The first kappa shape index (κ1) is 23.8. The van der Waals surface area contributed by atoms with Gasteiger partial charge in [-0.3, -0.25) is 4.79 Å². The molecule has 0 aliphatic rings. The fourth-order valence-electron chi connectivity index (χ4n) is 2.27. The van der Waals surface area contributed by atoms with Gasteiger partial charge in [-0.05, 0) is 44.7 Å². The van der Waals surface area contributed by atoms with Crippen molar-refractivity contribution in [2.75, 3.05) is 0 Å². The normalized spacial score (nSPS) is 12.9.